The van der Waals surface area contributed by atoms with E-state index in [0.717, 1.165) is 82.9 Å². The molecule has 0 N–H and O–H groups in total. The Morgan fingerprint density at radius 3 is 1.98 bits per heavy atom. The number of hydrogen-bond donors (Lipinski definition) is 0. The Kier molecular flexibility index (Phi) is 4.61. The van der Waals surface area contributed by atoms with Crippen molar-refractivity contribution in [3.05, 3.63) is 140 Å². The van der Waals surface area contributed by atoms with Gasteiger partial charge < -0.3 is 13.4 Å². The van der Waals surface area contributed by atoms with Gasteiger partial charge in [-0.05, 0) is 59.2 Å². The Labute approximate surface area is 235 Å². The normalized spacial score (nSPS) is 11.9. The first kappa shape index (κ1) is 22.3. The van der Waals surface area contributed by atoms with Crippen LogP contribution in [0.4, 0.5) is 0 Å². The summed E-state index contributed by atoms with van der Waals surface area (Å²) in [6, 6.07) is 48.8. The average molecular weight is 526 g/mol. The van der Waals surface area contributed by atoms with Gasteiger partial charge in [0.1, 0.15) is 22.3 Å². The molecule has 0 aliphatic rings. The van der Waals surface area contributed by atoms with Crippen molar-refractivity contribution in [2.45, 2.75) is 0 Å². The van der Waals surface area contributed by atoms with Crippen LogP contribution in [0.25, 0.3) is 82.9 Å². The van der Waals surface area contributed by atoms with Crippen LogP contribution < -0.4 is 0 Å². The standard InChI is InChI=1S/C38H23NO2/c1-2-11-25(12-3-1)39-33-19-8-6-16-31(33)38-36(39)32-23-24(21-22-35(32)41-38)26-13-4-5-14-27(26)29-17-10-18-30-28-15-7-9-20-34(28)40-37(29)30/h1-23H. The number of para-hydroxylation sites is 4. The molecule has 0 amide bonds. The molecule has 6 aromatic carbocycles. The number of hydrogen-bond acceptors (Lipinski definition) is 2. The van der Waals surface area contributed by atoms with E-state index in [2.05, 4.69) is 132 Å². The SMILES string of the molecule is c1ccc(-n2c3ccccc3c3oc4ccc(-c5ccccc5-c5cccc6c5oc5ccccc56)cc4c32)cc1. The van der Waals surface area contributed by atoms with Gasteiger partial charge >= 0.3 is 0 Å². The van der Waals surface area contributed by atoms with Gasteiger partial charge in [0.2, 0.25) is 0 Å². The van der Waals surface area contributed by atoms with Crippen molar-refractivity contribution in [2.24, 2.45) is 0 Å². The third-order valence-electron chi connectivity index (χ3n) is 8.22. The fourth-order valence-corrected chi connectivity index (χ4v) is 6.41. The second kappa shape index (κ2) is 8.48. The number of furan rings is 2. The highest BCUT2D eigenvalue weighted by atomic mass is 16.3. The molecule has 0 unspecified atom stereocenters. The average Bonchev–Trinajstić information content (AvgIpc) is 3.70. The van der Waals surface area contributed by atoms with Gasteiger partial charge in [0.05, 0.1) is 5.52 Å². The summed E-state index contributed by atoms with van der Waals surface area (Å²) < 4.78 is 15.3. The van der Waals surface area contributed by atoms with Crippen LogP contribution in [0.2, 0.25) is 0 Å². The van der Waals surface area contributed by atoms with Gasteiger partial charge in [0.15, 0.2) is 5.58 Å². The van der Waals surface area contributed by atoms with Crippen molar-refractivity contribution < 1.29 is 8.83 Å². The van der Waals surface area contributed by atoms with Crippen LogP contribution in [0.5, 0.6) is 0 Å². The lowest BCUT2D eigenvalue weighted by atomic mass is 9.93. The van der Waals surface area contributed by atoms with Gasteiger partial charge in [0.25, 0.3) is 0 Å². The van der Waals surface area contributed by atoms with Crippen LogP contribution in [0, 0.1) is 0 Å². The molecule has 0 aliphatic heterocycles. The van der Waals surface area contributed by atoms with Gasteiger partial charge in [0, 0.05) is 32.8 Å². The van der Waals surface area contributed by atoms with E-state index in [1.807, 2.05) is 12.1 Å². The number of aromatic nitrogens is 1. The Bertz CT molecular complexity index is 2420. The maximum absolute atomic E-state index is 6.53. The largest absolute Gasteiger partial charge is 0.455 e. The number of nitrogens with zero attached hydrogens (tertiary/aromatic N) is 1. The lowest BCUT2D eigenvalue weighted by molar-refractivity contribution is 0.670. The van der Waals surface area contributed by atoms with E-state index in [1.54, 1.807) is 0 Å². The monoisotopic (exact) mass is 525 g/mol. The Hall–Kier alpha value is -5.54. The third-order valence-corrected chi connectivity index (χ3v) is 8.22. The molecule has 3 heterocycles. The zero-order valence-electron chi connectivity index (χ0n) is 22.0. The molecule has 0 radical (unpaired) electrons. The molecule has 9 rings (SSSR count). The molecule has 0 spiro atoms. The van der Waals surface area contributed by atoms with Gasteiger partial charge in [-0.3, -0.25) is 0 Å². The van der Waals surface area contributed by atoms with Gasteiger partial charge in [-0.2, -0.15) is 0 Å². The Morgan fingerprint density at radius 2 is 1.07 bits per heavy atom. The van der Waals surface area contributed by atoms with Crippen LogP contribution in [0.1, 0.15) is 0 Å². The molecule has 9 aromatic rings. The summed E-state index contributed by atoms with van der Waals surface area (Å²) in [5.74, 6) is 0. The van der Waals surface area contributed by atoms with E-state index in [0.29, 0.717) is 0 Å². The van der Waals surface area contributed by atoms with Gasteiger partial charge in [-0.15, -0.1) is 0 Å². The fraction of sp³-hybridized carbons (Fsp3) is 0. The maximum atomic E-state index is 6.53. The molecule has 0 bridgehead atoms. The van der Waals surface area contributed by atoms with E-state index in [-0.39, 0.29) is 0 Å². The van der Waals surface area contributed by atoms with Crippen LogP contribution >= 0.6 is 0 Å². The van der Waals surface area contributed by atoms with Crippen molar-refractivity contribution in [3.8, 4) is 27.9 Å². The van der Waals surface area contributed by atoms with E-state index in [9.17, 15) is 0 Å². The molecule has 3 aromatic heterocycles. The second-order valence-corrected chi connectivity index (χ2v) is 10.5. The summed E-state index contributed by atoms with van der Waals surface area (Å²) in [6.07, 6.45) is 0. The molecule has 0 fully saturated rings. The first-order chi connectivity index (χ1) is 20.3. The van der Waals surface area contributed by atoms with Gasteiger partial charge in [-0.25, -0.2) is 0 Å². The number of fused-ring (bicyclic) bond motifs is 8. The van der Waals surface area contributed by atoms with Crippen LogP contribution in [0.15, 0.2) is 148 Å². The Morgan fingerprint density at radius 1 is 0.415 bits per heavy atom. The minimum absolute atomic E-state index is 0.881. The van der Waals surface area contributed by atoms with E-state index >= 15 is 0 Å². The Balaban J connectivity index is 1.32. The second-order valence-electron chi connectivity index (χ2n) is 10.5. The summed E-state index contributed by atoms with van der Waals surface area (Å²) in [5.41, 5.74) is 11.5. The minimum Gasteiger partial charge on any atom is -0.455 e. The van der Waals surface area contributed by atoms with Crippen molar-refractivity contribution in [2.75, 3.05) is 0 Å². The molecule has 0 saturated carbocycles. The van der Waals surface area contributed by atoms with Crippen LogP contribution in [0.3, 0.4) is 0 Å². The predicted molar refractivity (Wildman–Crippen MR) is 169 cm³/mol. The summed E-state index contributed by atoms with van der Waals surface area (Å²) >= 11 is 0. The third kappa shape index (κ3) is 3.20. The van der Waals surface area contributed by atoms with E-state index in [4.69, 9.17) is 8.83 Å². The molecular weight excluding hydrogens is 502 g/mol. The van der Waals surface area contributed by atoms with Gasteiger partial charge in [-0.1, -0.05) is 97.1 Å². The summed E-state index contributed by atoms with van der Waals surface area (Å²) in [5, 5.41) is 4.47. The quantitative estimate of drug-likeness (QED) is 0.230. The summed E-state index contributed by atoms with van der Waals surface area (Å²) in [4.78, 5) is 0. The molecular formula is C38H23NO2. The number of rotatable bonds is 3. The molecule has 192 valence electrons. The summed E-state index contributed by atoms with van der Waals surface area (Å²) in [6.45, 7) is 0. The van der Waals surface area contributed by atoms with E-state index < -0.39 is 0 Å². The first-order valence-electron chi connectivity index (χ1n) is 13.9. The molecule has 0 atom stereocenters. The highest BCUT2D eigenvalue weighted by Gasteiger charge is 2.21. The summed E-state index contributed by atoms with van der Waals surface area (Å²) in [7, 11) is 0. The minimum atomic E-state index is 0.881. The molecule has 0 aliphatic carbocycles. The highest BCUT2D eigenvalue weighted by Crippen LogP contribution is 2.43. The van der Waals surface area contributed by atoms with E-state index in [1.165, 1.54) is 0 Å². The van der Waals surface area contributed by atoms with Crippen molar-refractivity contribution >= 4 is 54.9 Å². The van der Waals surface area contributed by atoms with Crippen LogP contribution in [-0.2, 0) is 0 Å². The zero-order valence-corrected chi connectivity index (χ0v) is 22.0. The first-order valence-corrected chi connectivity index (χ1v) is 13.9. The van der Waals surface area contributed by atoms with Crippen molar-refractivity contribution in [3.63, 3.8) is 0 Å². The lowest BCUT2D eigenvalue weighted by Crippen LogP contribution is -1.93. The maximum Gasteiger partial charge on any atom is 0.161 e. The molecule has 3 heteroatoms. The topological polar surface area (TPSA) is 31.2 Å². The molecule has 0 saturated heterocycles. The number of benzene rings is 6. The molecule has 41 heavy (non-hydrogen) atoms. The predicted octanol–water partition coefficient (Wildman–Crippen LogP) is 10.8. The van der Waals surface area contributed by atoms with Crippen molar-refractivity contribution in [1.29, 1.82) is 0 Å². The highest BCUT2D eigenvalue weighted by molar-refractivity contribution is 6.17. The van der Waals surface area contributed by atoms with Crippen molar-refractivity contribution in [1.82, 2.24) is 4.57 Å². The smallest absolute Gasteiger partial charge is 0.161 e. The van der Waals surface area contributed by atoms with Crippen LogP contribution in [-0.4, -0.2) is 4.57 Å². The molecule has 3 nitrogen and oxygen atoms in total. The zero-order chi connectivity index (χ0) is 26.9. The lowest BCUT2D eigenvalue weighted by Gasteiger charge is -2.11. The fourth-order valence-electron chi connectivity index (χ4n) is 6.41.